The Morgan fingerprint density at radius 1 is 1.36 bits per heavy atom. The molecule has 0 bridgehead atoms. The van der Waals surface area contributed by atoms with Gasteiger partial charge in [0.25, 0.3) is 0 Å². The second kappa shape index (κ2) is 7.94. The minimum atomic E-state index is -0.322. The molecule has 5 nitrogen and oxygen atoms in total. The summed E-state index contributed by atoms with van der Waals surface area (Å²) in [6, 6.07) is 9.87. The van der Waals surface area contributed by atoms with E-state index in [1.165, 1.54) is 0 Å². The molecule has 0 aromatic heterocycles. The van der Waals surface area contributed by atoms with Gasteiger partial charge in [-0.25, -0.2) is 0 Å². The van der Waals surface area contributed by atoms with Gasteiger partial charge < -0.3 is 15.0 Å². The van der Waals surface area contributed by atoms with Crippen LogP contribution in [-0.4, -0.2) is 42.5 Å². The number of carbonyl (C=O) groups excluding carboxylic acids is 2. The van der Waals surface area contributed by atoms with E-state index in [2.05, 4.69) is 5.32 Å². The molecule has 120 valence electrons. The zero-order valence-corrected chi connectivity index (χ0v) is 13.2. The molecule has 2 amide bonds. The van der Waals surface area contributed by atoms with Crippen LogP contribution in [0.3, 0.4) is 0 Å². The van der Waals surface area contributed by atoms with Crippen LogP contribution in [0.25, 0.3) is 0 Å². The van der Waals surface area contributed by atoms with Gasteiger partial charge in [0.2, 0.25) is 11.8 Å². The Morgan fingerprint density at radius 2 is 2.09 bits per heavy atom. The lowest BCUT2D eigenvalue weighted by Gasteiger charge is -2.29. The molecule has 1 heterocycles. The van der Waals surface area contributed by atoms with Gasteiger partial charge >= 0.3 is 0 Å². The fraction of sp³-hybridized carbons (Fsp3) is 0.529. The summed E-state index contributed by atoms with van der Waals surface area (Å²) in [6.07, 6.45) is 1.39. The molecule has 1 aliphatic rings. The summed E-state index contributed by atoms with van der Waals surface area (Å²) in [5.41, 5.74) is 1.09. The van der Waals surface area contributed by atoms with Gasteiger partial charge in [0.05, 0.1) is 6.04 Å². The molecule has 0 radical (unpaired) electrons. The largest absolute Gasteiger partial charge is 0.368 e. The van der Waals surface area contributed by atoms with Crippen molar-refractivity contribution in [2.24, 2.45) is 0 Å². The number of nitrogens with zero attached hydrogens (tertiary/aromatic N) is 1. The SMILES string of the molecule is CC(=O)N(CCNC(=O)C1CCCO1)C(C)c1ccccc1. The van der Waals surface area contributed by atoms with Crippen LogP contribution in [-0.2, 0) is 14.3 Å². The molecule has 1 aromatic carbocycles. The topological polar surface area (TPSA) is 58.6 Å². The van der Waals surface area contributed by atoms with Gasteiger partial charge in [-0.1, -0.05) is 30.3 Å². The third kappa shape index (κ3) is 4.31. The average Bonchev–Trinajstić information content (AvgIpc) is 3.06. The molecule has 1 N–H and O–H groups in total. The summed E-state index contributed by atoms with van der Waals surface area (Å²) in [7, 11) is 0. The molecule has 22 heavy (non-hydrogen) atoms. The van der Waals surface area contributed by atoms with Crippen molar-refractivity contribution < 1.29 is 14.3 Å². The van der Waals surface area contributed by atoms with Crippen molar-refractivity contribution in [1.82, 2.24) is 10.2 Å². The van der Waals surface area contributed by atoms with Crippen molar-refractivity contribution in [3.8, 4) is 0 Å². The fourth-order valence-corrected chi connectivity index (χ4v) is 2.73. The average molecular weight is 304 g/mol. The molecule has 1 aromatic rings. The summed E-state index contributed by atoms with van der Waals surface area (Å²) >= 11 is 0. The lowest BCUT2D eigenvalue weighted by atomic mass is 10.1. The van der Waals surface area contributed by atoms with Crippen LogP contribution in [0.1, 0.15) is 38.3 Å². The van der Waals surface area contributed by atoms with Gasteiger partial charge in [-0.3, -0.25) is 9.59 Å². The van der Waals surface area contributed by atoms with Crippen LogP contribution in [0.2, 0.25) is 0 Å². The summed E-state index contributed by atoms with van der Waals surface area (Å²) < 4.78 is 5.34. The summed E-state index contributed by atoms with van der Waals surface area (Å²) in [5, 5.41) is 2.86. The van der Waals surface area contributed by atoms with Gasteiger partial charge in [0.15, 0.2) is 0 Å². The minimum absolute atomic E-state index is 0.00252. The normalized spacial score (nSPS) is 18.7. The lowest BCUT2D eigenvalue weighted by molar-refractivity contribution is -0.133. The van der Waals surface area contributed by atoms with Gasteiger partial charge in [-0.05, 0) is 25.3 Å². The molecule has 1 saturated heterocycles. The second-order valence-corrected chi connectivity index (χ2v) is 5.59. The van der Waals surface area contributed by atoms with Crippen molar-refractivity contribution in [3.63, 3.8) is 0 Å². The Labute approximate surface area is 131 Å². The van der Waals surface area contributed by atoms with Crippen LogP contribution in [0.5, 0.6) is 0 Å². The van der Waals surface area contributed by atoms with Gasteiger partial charge in [0.1, 0.15) is 6.10 Å². The van der Waals surface area contributed by atoms with E-state index >= 15 is 0 Å². The monoisotopic (exact) mass is 304 g/mol. The molecule has 2 unspecified atom stereocenters. The van der Waals surface area contributed by atoms with E-state index in [9.17, 15) is 9.59 Å². The van der Waals surface area contributed by atoms with Gasteiger partial charge in [-0.2, -0.15) is 0 Å². The van der Waals surface area contributed by atoms with Crippen LogP contribution in [0, 0.1) is 0 Å². The van der Waals surface area contributed by atoms with Gasteiger partial charge in [-0.15, -0.1) is 0 Å². The fourth-order valence-electron chi connectivity index (χ4n) is 2.73. The first-order valence-corrected chi connectivity index (χ1v) is 7.81. The maximum absolute atomic E-state index is 11.9. The molecule has 0 saturated carbocycles. The molecule has 1 aliphatic heterocycles. The highest BCUT2D eigenvalue weighted by Gasteiger charge is 2.24. The summed E-state index contributed by atoms with van der Waals surface area (Å²) in [5.74, 6) is -0.0731. The van der Waals surface area contributed by atoms with E-state index in [1.807, 2.05) is 37.3 Å². The third-order valence-electron chi connectivity index (χ3n) is 4.03. The maximum Gasteiger partial charge on any atom is 0.249 e. The molecule has 1 fully saturated rings. The van der Waals surface area contributed by atoms with Crippen LogP contribution in [0.4, 0.5) is 0 Å². The molecular formula is C17H24N2O3. The predicted molar refractivity (Wildman–Crippen MR) is 84.2 cm³/mol. The molecule has 2 atom stereocenters. The lowest BCUT2D eigenvalue weighted by Crippen LogP contribution is -2.41. The Kier molecular flexibility index (Phi) is 5.95. The van der Waals surface area contributed by atoms with Crippen LogP contribution in [0.15, 0.2) is 30.3 Å². The molecule has 5 heteroatoms. The number of rotatable bonds is 6. The van der Waals surface area contributed by atoms with Crippen LogP contribution >= 0.6 is 0 Å². The highest BCUT2D eigenvalue weighted by Crippen LogP contribution is 2.19. The minimum Gasteiger partial charge on any atom is -0.368 e. The second-order valence-electron chi connectivity index (χ2n) is 5.59. The van der Waals surface area contributed by atoms with E-state index in [0.29, 0.717) is 19.7 Å². The van der Waals surface area contributed by atoms with E-state index in [0.717, 1.165) is 18.4 Å². The smallest absolute Gasteiger partial charge is 0.249 e. The number of amides is 2. The summed E-state index contributed by atoms with van der Waals surface area (Å²) in [4.78, 5) is 25.5. The number of hydrogen-bond acceptors (Lipinski definition) is 3. The van der Waals surface area contributed by atoms with Crippen LogP contribution < -0.4 is 5.32 Å². The predicted octanol–water partition coefficient (Wildman–Crippen LogP) is 1.89. The van der Waals surface area contributed by atoms with Crippen molar-refractivity contribution in [1.29, 1.82) is 0 Å². The van der Waals surface area contributed by atoms with Gasteiger partial charge in [0, 0.05) is 26.6 Å². The third-order valence-corrected chi connectivity index (χ3v) is 4.03. The Balaban J connectivity index is 1.86. The number of nitrogens with one attached hydrogen (secondary N) is 1. The van der Waals surface area contributed by atoms with Crippen molar-refractivity contribution in [3.05, 3.63) is 35.9 Å². The standard InChI is InChI=1S/C17H24N2O3/c1-13(15-7-4-3-5-8-15)19(14(2)20)11-10-18-17(21)16-9-6-12-22-16/h3-5,7-8,13,16H,6,9-12H2,1-2H3,(H,18,21). The number of hydrogen-bond donors (Lipinski definition) is 1. The van der Waals surface area contributed by atoms with Crippen molar-refractivity contribution in [2.75, 3.05) is 19.7 Å². The highest BCUT2D eigenvalue weighted by molar-refractivity contribution is 5.81. The first-order valence-electron chi connectivity index (χ1n) is 7.81. The first-order chi connectivity index (χ1) is 10.6. The molecular weight excluding hydrogens is 280 g/mol. The zero-order chi connectivity index (χ0) is 15.9. The number of ether oxygens (including phenoxy) is 1. The van der Waals surface area contributed by atoms with E-state index in [1.54, 1.807) is 11.8 Å². The maximum atomic E-state index is 11.9. The molecule has 0 aliphatic carbocycles. The van der Waals surface area contributed by atoms with E-state index in [4.69, 9.17) is 4.74 Å². The quantitative estimate of drug-likeness (QED) is 0.873. The van der Waals surface area contributed by atoms with Crippen molar-refractivity contribution in [2.45, 2.75) is 38.8 Å². The Bertz CT molecular complexity index is 498. The summed E-state index contributed by atoms with van der Waals surface area (Å²) in [6.45, 7) is 5.14. The molecule has 2 rings (SSSR count). The van der Waals surface area contributed by atoms with E-state index < -0.39 is 0 Å². The number of benzene rings is 1. The zero-order valence-electron chi connectivity index (χ0n) is 13.2. The van der Waals surface area contributed by atoms with E-state index in [-0.39, 0.29) is 24.0 Å². The Morgan fingerprint density at radius 3 is 2.68 bits per heavy atom. The first kappa shape index (κ1) is 16.5. The van der Waals surface area contributed by atoms with Crippen molar-refractivity contribution >= 4 is 11.8 Å². The highest BCUT2D eigenvalue weighted by atomic mass is 16.5. The number of carbonyl (C=O) groups is 2. The Hall–Kier alpha value is -1.88. The molecule has 0 spiro atoms.